The molecule has 0 radical (unpaired) electrons. The van der Waals surface area contributed by atoms with Gasteiger partial charge in [-0.2, -0.15) is 0 Å². The van der Waals surface area contributed by atoms with Crippen molar-refractivity contribution in [1.29, 1.82) is 0 Å². The number of ether oxygens (including phenoxy) is 1. The zero-order chi connectivity index (χ0) is 14.1. The van der Waals surface area contributed by atoms with E-state index in [0.29, 0.717) is 0 Å². The fourth-order valence-electron chi connectivity index (χ4n) is 3.73. The minimum absolute atomic E-state index is 0.272. The van der Waals surface area contributed by atoms with E-state index in [2.05, 4.69) is 59.5 Å². The van der Waals surface area contributed by atoms with Gasteiger partial charge in [-0.1, -0.05) is 48.5 Å². The highest BCUT2D eigenvalue weighted by atomic mass is 16.5. The highest BCUT2D eigenvalue weighted by molar-refractivity contribution is 5.38. The molecule has 0 bridgehead atoms. The first-order chi connectivity index (χ1) is 10.4. The Kier molecular flexibility index (Phi) is 3.19. The van der Waals surface area contributed by atoms with Crippen LogP contribution in [0.3, 0.4) is 0 Å². The third-order valence-corrected chi connectivity index (χ3v) is 4.83. The Bertz CT molecular complexity index is 618. The van der Waals surface area contributed by atoms with Crippen molar-refractivity contribution >= 4 is 0 Å². The average molecular weight is 279 g/mol. The lowest BCUT2D eigenvalue weighted by Gasteiger charge is -2.45. The van der Waals surface area contributed by atoms with Crippen molar-refractivity contribution < 1.29 is 4.74 Å². The molecule has 1 saturated heterocycles. The molecule has 4 rings (SSSR count). The van der Waals surface area contributed by atoms with E-state index in [1.807, 2.05) is 0 Å². The summed E-state index contributed by atoms with van der Waals surface area (Å²) in [5.41, 5.74) is 2.36. The number of aryl methyl sites for hydroxylation is 1. The summed E-state index contributed by atoms with van der Waals surface area (Å²) < 4.78 is 6.62. The summed E-state index contributed by atoms with van der Waals surface area (Å²) in [6, 6.07) is 19.2. The summed E-state index contributed by atoms with van der Waals surface area (Å²) >= 11 is 0. The quantitative estimate of drug-likeness (QED) is 0.825. The van der Waals surface area contributed by atoms with Gasteiger partial charge in [-0.25, -0.2) is 0 Å². The number of nitrogens with zero attached hydrogens (tertiary/aromatic N) is 1. The number of fused-ring (bicyclic) bond motifs is 1. The molecule has 2 aromatic rings. The highest BCUT2D eigenvalue weighted by Crippen LogP contribution is 2.43. The van der Waals surface area contributed by atoms with Gasteiger partial charge in [0.1, 0.15) is 5.75 Å². The predicted molar refractivity (Wildman–Crippen MR) is 84.3 cm³/mol. The van der Waals surface area contributed by atoms with Gasteiger partial charge in [-0.3, -0.25) is 4.90 Å². The average Bonchev–Trinajstić information content (AvgIpc) is 3.10. The molecule has 1 atom stereocenters. The lowest BCUT2D eigenvalue weighted by atomic mass is 9.90. The Balaban J connectivity index is 1.79. The lowest BCUT2D eigenvalue weighted by molar-refractivity contribution is -0.0956. The molecule has 1 fully saturated rings. The molecule has 1 unspecified atom stereocenters. The summed E-state index contributed by atoms with van der Waals surface area (Å²) in [5.74, 6) is 1.06. The SMILES string of the molecule is c1ccc(C2(N3CCCC3)CCc3ccccc3O2)cc1. The molecule has 2 aliphatic heterocycles. The van der Waals surface area contributed by atoms with Gasteiger partial charge >= 0.3 is 0 Å². The maximum Gasteiger partial charge on any atom is 0.190 e. The molecular formula is C19H21NO. The Morgan fingerprint density at radius 3 is 2.38 bits per heavy atom. The molecule has 0 saturated carbocycles. The molecule has 108 valence electrons. The summed E-state index contributed by atoms with van der Waals surface area (Å²) in [6.07, 6.45) is 4.68. The van der Waals surface area contributed by atoms with E-state index >= 15 is 0 Å². The normalized spacial score (nSPS) is 25.3. The first kappa shape index (κ1) is 12.9. The fraction of sp³-hybridized carbons (Fsp3) is 0.368. The van der Waals surface area contributed by atoms with Crippen LogP contribution in [0.1, 0.15) is 30.4 Å². The van der Waals surface area contributed by atoms with Crippen molar-refractivity contribution in [2.45, 2.75) is 31.4 Å². The molecule has 0 spiro atoms. The maximum absolute atomic E-state index is 6.62. The topological polar surface area (TPSA) is 12.5 Å². The zero-order valence-corrected chi connectivity index (χ0v) is 12.3. The molecular weight excluding hydrogens is 258 g/mol. The molecule has 0 aliphatic carbocycles. The second kappa shape index (κ2) is 5.19. The molecule has 2 aliphatic rings. The minimum atomic E-state index is -0.272. The van der Waals surface area contributed by atoms with Crippen LogP contribution in [0, 0.1) is 0 Å². The largest absolute Gasteiger partial charge is 0.468 e. The van der Waals surface area contributed by atoms with Gasteiger partial charge < -0.3 is 4.74 Å². The van der Waals surface area contributed by atoms with Gasteiger partial charge in [0.2, 0.25) is 0 Å². The summed E-state index contributed by atoms with van der Waals surface area (Å²) in [7, 11) is 0. The highest BCUT2D eigenvalue weighted by Gasteiger charge is 2.44. The summed E-state index contributed by atoms with van der Waals surface area (Å²) in [6.45, 7) is 2.27. The van der Waals surface area contributed by atoms with Gasteiger partial charge in [-0.05, 0) is 30.9 Å². The van der Waals surface area contributed by atoms with Crippen molar-refractivity contribution in [3.63, 3.8) is 0 Å². The van der Waals surface area contributed by atoms with E-state index in [-0.39, 0.29) is 5.72 Å². The van der Waals surface area contributed by atoms with Crippen LogP contribution >= 0.6 is 0 Å². The molecule has 21 heavy (non-hydrogen) atoms. The number of hydrogen-bond acceptors (Lipinski definition) is 2. The van der Waals surface area contributed by atoms with E-state index in [1.54, 1.807) is 0 Å². The smallest absolute Gasteiger partial charge is 0.190 e. The van der Waals surface area contributed by atoms with Gasteiger partial charge in [0.25, 0.3) is 0 Å². The maximum atomic E-state index is 6.62. The summed E-state index contributed by atoms with van der Waals surface area (Å²) in [5, 5.41) is 0. The monoisotopic (exact) mass is 279 g/mol. The molecule has 0 amide bonds. The molecule has 2 heteroatoms. The van der Waals surface area contributed by atoms with Crippen LogP contribution in [0.25, 0.3) is 0 Å². The zero-order valence-electron chi connectivity index (χ0n) is 12.3. The molecule has 2 aromatic carbocycles. The first-order valence-corrected chi connectivity index (χ1v) is 7.96. The van der Waals surface area contributed by atoms with Crippen molar-refractivity contribution in [3.05, 3.63) is 65.7 Å². The van der Waals surface area contributed by atoms with E-state index in [0.717, 1.165) is 31.7 Å². The number of likely N-dealkylation sites (tertiary alicyclic amines) is 1. The summed E-state index contributed by atoms with van der Waals surface area (Å²) in [4.78, 5) is 2.54. The van der Waals surface area contributed by atoms with Gasteiger partial charge in [0.05, 0.1) is 0 Å². The van der Waals surface area contributed by atoms with Crippen LogP contribution in [-0.2, 0) is 12.1 Å². The number of benzene rings is 2. The Hall–Kier alpha value is -1.80. The Morgan fingerprint density at radius 2 is 1.57 bits per heavy atom. The number of rotatable bonds is 2. The molecule has 0 aromatic heterocycles. The van der Waals surface area contributed by atoms with Crippen LogP contribution in [0.15, 0.2) is 54.6 Å². The second-order valence-corrected chi connectivity index (χ2v) is 6.05. The van der Waals surface area contributed by atoms with Crippen LogP contribution in [0.2, 0.25) is 0 Å². The van der Waals surface area contributed by atoms with Crippen molar-refractivity contribution in [1.82, 2.24) is 4.90 Å². The third-order valence-electron chi connectivity index (χ3n) is 4.83. The van der Waals surface area contributed by atoms with E-state index in [9.17, 15) is 0 Å². The first-order valence-electron chi connectivity index (χ1n) is 7.96. The van der Waals surface area contributed by atoms with E-state index in [1.165, 1.54) is 24.0 Å². The lowest BCUT2D eigenvalue weighted by Crippen LogP contribution is -2.51. The van der Waals surface area contributed by atoms with Crippen molar-refractivity contribution in [2.75, 3.05) is 13.1 Å². The van der Waals surface area contributed by atoms with E-state index < -0.39 is 0 Å². The van der Waals surface area contributed by atoms with Crippen LogP contribution in [0.4, 0.5) is 0 Å². The Labute approximate surface area is 126 Å². The van der Waals surface area contributed by atoms with Crippen LogP contribution in [0.5, 0.6) is 5.75 Å². The van der Waals surface area contributed by atoms with Gasteiger partial charge in [0, 0.05) is 25.1 Å². The number of hydrogen-bond donors (Lipinski definition) is 0. The van der Waals surface area contributed by atoms with Gasteiger partial charge in [-0.15, -0.1) is 0 Å². The minimum Gasteiger partial charge on any atom is -0.468 e. The molecule has 0 N–H and O–H groups in total. The van der Waals surface area contributed by atoms with Crippen LogP contribution in [-0.4, -0.2) is 18.0 Å². The molecule has 2 heterocycles. The Morgan fingerprint density at radius 1 is 0.857 bits per heavy atom. The second-order valence-electron chi connectivity index (χ2n) is 6.05. The van der Waals surface area contributed by atoms with Crippen molar-refractivity contribution in [3.8, 4) is 5.75 Å². The molecule has 2 nitrogen and oxygen atoms in total. The van der Waals surface area contributed by atoms with Crippen molar-refractivity contribution in [2.24, 2.45) is 0 Å². The standard InChI is InChI=1S/C19H21NO/c1-2-9-17(10-3-1)19(20-14-6-7-15-20)13-12-16-8-4-5-11-18(16)21-19/h1-5,8-11H,6-7,12-15H2. The predicted octanol–water partition coefficient (Wildman–Crippen LogP) is 3.96. The van der Waals surface area contributed by atoms with Gasteiger partial charge in [0.15, 0.2) is 5.72 Å². The third kappa shape index (κ3) is 2.14. The van der Waals surface area contributed by atoms with E-state index in [4.69, 9.17) is 4.74 Å². The van der Waals surface area contributed by atoms with Crippen LogP contribution < -0.4 is 4.74 Å². The fourth-order valence-corrected chi connectivity index (χ4v) is 3.73. The number of para-hydroxylation sites is 1.